The van der Waals surface area contributed by atoms with E-state index in [1.165, 1.54) is 11.3 Å². The average Bonchev–Trinajstić information content (AvgIpc) is 2.96. The summed E-state index contributed by atoms with van der Waals surface area (Å²) >= 11 is 1.46. The number of nitrogens with zero attached hydrogens (tertiary/aromatic N) is 1. The maximum Gasteiger partial charge on any atom is 0.233 e. The number of nitrogens with one attached hydrogen (secondary N) is 1. The number of thiazole rings is 1. The van der Waals surface area contributed by atoms with Gasteiger partial charge >= 0.3 is 0 Å². The van der Waals surface area contributed by atoms with E-state index in [1.807, 2.05) is 24.3 Å². The van der Waals surface area contributed by atoms with E-state index >= 15 is 0 Å². The summed E-state index contributed by atoms with van der Waals surface area (Å²) in [7, 11) is 0. The molecule has 1 amide bonds. The van der Waals surface area contributed by atoms with Gasteiger partial charge in [-0.25, -0.2) is 4.98 Å². The Labute approximate surface area is 107 Å². The first-order chi connectivity index (χ1) is 8.81. The monoisotopic (exact) mass is 258 g/mol. The van der Waals surface area contributed by atoms with E-state index in [0.29, 0.717) is 10.9 Å². The smallest absolute Gasteiger partial charge is 0.233 e. The maximum atomic E-state index is 11.8. The predicted octanol–water partition coefficient (Wildman–Crippen LogP) is 3.07. The largest absolute Gasteiger partial charge is 0.469 e. The number of carbonyl (C=O) groups excluding carboxylic acids is 1. The molecule has 90 valence electrons. The zero-order valence-corrected chi connectivity index (χ0v) is 10.2. The van der Waals surface area contributed by atoms with Crippen molar-refractivity contribution in [1.82, 2.24) is 4.98 Å². The number of carbonyl (C=O) groups is 1. The third-order valence-electron chi connectivity index (χ3n) is 2.46. The highest BCUT2D eigenvalue weighted by Gasteiger charge is 2.09. The second-order valence-electron chi connectivity index (χ2n) is 3.79. The second-order valence-corrected chi connectivity index (χ2v) is 4.82. The van der Waals surface area contributed by atoms with Gasteiger partial charge in [0.1, 0.15) is 5.76 Å². The van der Waals surface area contributed by atoms with Crippen LogP contribution in [0, 0.1) is 0 Å². The van der Waals surface area contributed by atoms with Gasteiger partial charge in [-0.3, -0.25) is 4.79 Å². The number of amides is 1. The van der Waals surface area contributed by atoms with Crippen LogP contribution >= 0.6 is 11.3 Å². The van der Waals surface area contributed by atoms with Crippen LogP contribution in [0.15, 0.2) is 47.1 Å². The molecule has 1 N–H and O–H groups in total. The highest BCUT2D eigenvalue weighted by atomic mass is 32.1. The molecule has 0 atom stereocenters. The van der Waals surface area contributed by atoms with Crippen LogP contribution in [0.4, 0.5) is 5.13 Å². The van der Waals surface area contributed by atoms with Gasteiger partial charge in [0, 0.05) is 0 Å². The first kappa shape index (κ1) is 11.0. The van der Waals surface area contributed by atoms with E-state index in [-0.39, 0.29) is 12.3 Å². The summed E-state index contributed by atoms with van der Waals surface area (Å²) in [6, 6.07) is 11.3. The van der Waals surface area contributed by atoms with E-state index in [2.05, 4.69) is 10.3 Å². The Hall–Kier alpha value is -2.14. The van der Waals surface area contributed by atoms with Crippen LogP contribution in [0.1, 0.15) is 5.76 Å². The van der Waals surface area contributed by atoms with Gasteiger partial charge in [0.25, 0.3) is 0 Å². The fraction of sp³-hybridized carbons (Fsp3) is 0.0769. The molecule has 1 aromatic carbocycles. The van der Waals surface area contributed by atoms with Crippen molar-refractivity contribution in [3.05, 3.63) is 48.4 Å². The summed E-state index contributed by atoms with van der Waals surface area (Å²) in [5.74, 6) is 0.526. The van der Waals surface area contributed by atoms with Crippen molar-refractivity contribution in [2.24, 2.45) is 0 Å². The van der Waals surface area contributed by atoms with Crippen molar-refractivity contribution < 1.29 is 9.21 Å². The molecule has 0 aliphatic carbocycles. The predicted molar refractivity (Wildman–Crippen MR) is 70.7 cm³/mol. The minimum atomic E-state index is -0.121. The van der Waals surface area contributed by atoms with Crippen LogP contribution in [-0.2, 0) is 11.2 Å². The number of rotatable bonds is 3. The molecular weight excluding hydrogens is 248 g/mol. The molecule has 0 aliphatic heterocycles. The topological polar surface area (TPSA) is 55.1 Å². The number of fused-ring (bicyclic) bond motifs is 1. The van der Waals surface area contributed by atoms with E-state index < -0.39 is 0 Å². The zero-order chi connectivity index (χ0) is 12.4. The van der Waals surface area contributed by atoms with Gasteiger partial charge in [-0.15, -0.1) is 0 Å². The molecule has 5 heteroatoms. The lowest BCUT2D eigenvalue weighted by Gasteiger charge is -1.98. The summed E-state index contributed by atoms with van der Waals surface area (Å²) in [6.07, 6.45) is 1.78. The van der Waals surface area contributed by atoms with Gasteiger partial charge in [0.2, 0.25) is 5.91 Å². The number of anilines is 1. The van der Waals surface area contributed by atoms with Crippen molar-refractivity contribution in [3.63, 3.8) is 0 Å². The number of benzene rings is 1. The molecular formula is C13H10N2O2S. The third kappa shape index (κ3) is 2.26. The molecule has 0 bridgehead atoms. The number of hydrogen-bond donors (Lipinski definition) is 1. The summed E-state index contributed by atoms with van der Waals surface area (Å²) in [4.78, 5) is 16.1. The van der Waals surface area contributed by atoms with E-state index in [0.717, 1.165) is 10.2 Å². The molecule has 0 spiro atoms. The van der Waals surface area contributed by atoms with Crippen LogP contribution < -0.4 is 5.32 Å². The molecule has 18 heavy (non-hydrogen) atoms. The molecule has 4 nitrogen and oxygen atoms in total. The van der Waals surface area contributed by atoms with E-state index in [4.69, 9.17) is 4.42 Å². The fourth-order valence-corrected chi connectivity index (χ4v) is 2.54. The third-order valence-corrected chi connectivity index (χ3v) is 3.41. The van der Waals surface area contributed by atoms with Crippen molar-refractivity contribution >= 4 is 32.6 Å². The first-order valence-electron chi connectivity index (χ1n) is 5.49. The average molecular weight is 258 g/mol. The van der Waals surface area contributed by atoms with Crippen LogP contribution in [0.5, 0.6) is 0 Å². The van der Waals surface area contributed by atoms with E-state index in [9.17, 15) is 4.79 Å². The number of hydrogen-bond acceptors (Lipinski definition) is 4. The van der Waals surface area contributed by atoms with Crippen molar-refractivity contribution in [1.29, 1.82) is 0 Å². The highest BCUT2D eigenvalue weighted by Crippen LogP contribution is 2.25. The Morgan fingerprint density at radius 3 is 2.94 bits per heavy atom. The number of furan rings is 1. The second kappa shape index (κ2) is 4.62. The summed E-state index contributed by atoms with van der Waals surface area (Å²) in [6.45, 7) is 0. The molecule has 2 aromatic heterocycles. The zero-order valence-electron chi connectivity index (χ0n) is 9.42. The molecule has 0 fully saturated rings. The maximum absolute atomic E-state index is 11.8. The Morgan fingerprint density at radius 2 is 2.17 bits per heavy atom. The molecule has 2 heterocycles. The van der Waals surface area contributed by atoms with Gasteiger partial charge in [0.15, 0.2) is 5.13 Å². The Kier molecular flexibility index (Phi) is 2.82. The Balaban J connectivity index is 1.74. The fourth-order valence-electron chi connectivity index (χ4n) is 1.66. The molecule has 3 rings (SSSR count). The minimum absolute atomic E-state index is 0.121. The minimum Gasteiger partial charge on any atom is -0.469 e. The molecule has 0 saturated carbocycles. The first-order valence-corrected chi connectivity index (χ1v) is 6.31. The quantitative estimate of drug-likeness (QED) is 0.785. The van der Waals surface area contributed by atoms with Crippen molar-refractivity contribution in [3.8, 4) is 0 Å². The highest BCUT2D eigenvalue weighted by molar-refractivity contribution is 7.22. The van der Waals surface area contributed by atoms with Gasteiger partial charge in [-0.2, -0.15) is 0 Å². The lowest BCUT2D eigenvalue weighted by atomic mass is 10.3. The number of aromatic nitrogens is 1. The Bertz CT molecular complexity index is 640. The molecule has 3 aromatic rings. The number of para-hydroxylation sites is 1. The molecule has 0 saturated heterocycles. The normalized spacial score (nSPS) is 10.7. The van der Waals surface area contributed by atoms with Crippen molar-refractivity contribution in [2.75, 3.05) is 5.32 Å². The summed E-state index contributed by atoms with van der Waals surface area (Å²) in [5, 5.41) is 3.40. The SMILES string of the molecule is O=C(Cc1ccco1)Nc1nc2ccccc2s1. The van der Waals surface area contributed by atoms with Gasteiger partial charge in [-0.1, -0.05) is 23.5 Å². The van der Waals surface area contributed by atoms with E-state index in [1.54, 1.807) is 18.4 Å². The van der Waals surface area contributed by atoms with Crippen molar-refractivity contribution in [2.45, 2.75) is 6.42 Å². The van der Waals surface area contributed by atoms with Gasteiger partial charge < -0.3 is 9.73 Å². The standard InChI is InChI=1S/C13H10N2O2S/c16-12(8-9-4-3-7-17-9)15-13-14-10-5-1-2-6-11(10)18-13/h1-7H,8H2,(H,14,15,16). The molecule has 0 aliphatic rings. The van der Waals surface area contributed by atoms with Crippen LogP contribution in [0.25, 0.3) is 10.2 Å². The van der Waals surface area contributed by atoms with Crippen LogP contribution in [-0.4, -0.2) is 10.9 Å². The van der Waals surface area contributed by atoms with Crippen LogP contribution in [0.2, 0.25) is 0 Å². The lowest BCUT2D eigenvalue weighted by Crippen LogP contribution is -2.13. The van der Waals surface area contributed by atoms with Crippen LogP contribution in [0.3, 0.4) is 0 Å². The lowest BCUT2D eigenvalue weighted by molar-refractivity contribution is -0.115. The summed E-state index contributed by atoms with van der Waals surface area (Å²) in [5.41, 5.74) is 0.899. The molecule has 0 radical (unpaired) electrons. The van der Waals surface area contributed by atoms with Gasteiger partial charge in [-0.05, 0) is 24.3 Å². The Morgan fingerprint density at radius 1 is 1.28 bits per heavy atom. The molecule has 0 unspecified atom stereocenters. The van der Waals surface area contributed by atoms with Gasteiger partial charge in [0.05, 0.1) is 22.9 Å². The summed E-state index contributed by atoms with van der Waals surface area (Å²) < 4.78 is 6.18.